The van der Waals surface area contributed by atoms with Crippen LogP contribution in [0.4, 0.5) is 0 Å². The van der Waals surface area contributed by atoms with Gasteiger partial charge in [-0.1, -0.05) is 36.7 Å². The van der Waals surface area contributed by atoms with Crippen LogP contribution >= 0.6 is 36.4 Å². The molecule has 4 nitrogen and oxygen atoms in total. The minimum Gasteiger partial charge on any atom is -0.344 e. The van der Waals surface area contributed by atoms with Gasteiger partial charge in [-0.05, 0) is 67.6 Å². The third-order valence-corrected chi connectivity index (χ3v) is 5.40. The molecule has 2 heterocycles. The monoisotopic (exact) mass is 443 g/mol. The van der Waals surface area contributed by atoms with Crippen molar-refractivity contribution < 1.29 is 4.79 Å². The molecule has 0 radical (unpaired) electrons. The lowest BCUT2D eigenvalue weighted by Crippen LogP contribution is -2.35. The normalized spacial score (nSPS) is 16.2. The Morgan fingerprint density at radius 3 is 2.61 bits per heavy atom. The highest BCUT2D eigenvalue weighted by molar-refractivity contribution is 6.30. The Balaban J connectivity index is 0.00000196. The van der Waals surface area contributed by atoms with Crippen LogP contribution in [0.3, 0.4) is 0 Å². The lowest BCUT2D eigenvalue weighted by Gasteiger charge is -2.28. The van der Waals surface area contributed by atoms with Crippen LogP contribution < -0.4 is 10.6 Å². The smallest absolute Gasteiger partial charge is 0.221 e. The van der Waals surface area contributed by atoms with E-state index in [4.69, 9.17) is 11.6 Å². The van der Waals surface area contributed by atoms with Gasteiger partial charge in [-0.15, -0.1) is 24.8 Å². The maximum absolute atomic E-state index is 12.8. The van der Waals surface area contributed by atoms with Gasteiger partial charge in [0, 0.05) is 17.6 Å². The molecule has 2 unspecified atom stereocenters. The van der Waals surface area contributed by atoms with Crippen molar-refractivity contribution in [2.24, 2.45) is 11.8 Å². The molecule has 0 spiro atoms. The van der Waals surface area contributed by atoms with Crippen LogP contribution in [0.1, 0.15) is 43.5 Å². The zero-order chi connectivity index (χ0) is 18.4. The molecule has 2 atom stereocenters. The van der Waals surface area contributed by atoms with Crippen LogP contribution in [0.2, 0.25) is 5.02 Å². The minimum atomic E-state index is -0.289. The zero-order valence-electron chi connectivity index (χ0n) is 15.9. The Labute approximate surface area is 184 Å². The summed E-state index contributed by atoms with van der Waals surface area (Å²) in [5, 5.41) is 7.21. The summed E-state index contributed by atoms with van der Waals surface area (Å²) in [6.45, 7) is 4.29. The van der Waals surface area contributed by atoms with E-state index in [9.17, 15) is 4.79 Å². The van der Waals surface area contributed by atoms with Crippen molar-refractivity contribution in [3.63, 3.8) is 0 Å². The molecule has 0 saturated carbocycles. The zero-order valence-corrected chi connectivity index (χ0v) is 18.3. The van der Waals surface area contributed by atoms with Gasteiger partial charge >= 0.3 is 0 Å². The fourth-order valence-corrected chi connectivity index (χ4v) is 3.85. The third kappa shape index (κ3) is 6.93. The molecule has 1 aliphatic rings. The van der Waals surface area contributed by atoms with E-state index in [0.29, 0.717) is 23.3 Å². The Kier molecular flexibility index (Phi) is 10.8. The van der Waals surface area contributed by atoms with E-state index in [1.807, 2.05) is 42.5 Å². The van der Waals surface area contributed by atoms with Crippen molar-refractivity contribution in [2.75, 3.05) is 13.1 Å². The maximum Gasteiger partial charge on any atom is 0.221 e. The molecule has 1 amide bonds. The standard InChI is InChI=1S/C21H26ClN3O.2ClH/c1-15(16-8-11-23-12-9-16)13-20(26)25-21(19-7-2-3-10-24-19)17-5-4-6-18(22)14-17;;/h2-7,10,14-16,21,23H,8-9,11-13H2,1H3,(H,25,26);2*1H. The molecule has 1 fully saturated rings. The van der Waals surface area contributed by atoms with Crippen LogP contribution in [0.15, 0.2) is 48.7 Å². The number of carbonyl (C=O) groups excluding carboxylic acids is 1. The lowest BCUT2D eigenvalue weighted by atomic mass is 9.84. The van der Waals surface area contributed by atoms with Gasteiger partial charge in [0.25, 0.3) is 0 Å². The van der Waals surface area contributed by atoms with Gasteiger partial charge in [-0.25, -0.2) is 0 Å². The largest absolute Gasteiger partial charge is 0.344 e. The molecule has 2 N–H and O–H groups in total. The predicted octanol–water partition coefficient (Wildman–Crippen LogP) is 4.81. The SMILES string of the molecule is CC(CC(=O)NC(c1cccc(Cl)c1)c1ccccn1)C1CCNCC1.Cl.Cl. The number of aromatic nitrogens is 1. The van der Waals surface area contributed by atoms with Gasteiger partial charge in [0.1, 0.15) is 0 Å². The summed E-state index contributed by atoms with van der Waals surface area (Å²) in [6.07, 6.45) is 4.57. The molecule has 2 aromatic rings. The summed E-state index contributed by atoms with van der Waals surface area (Å²) in [4.78, 5) is 17.2. The minimum absolute atomic E-state index is 0. The summed E-state index contributed by atoms with van der Waals surface area (Å²) in [5.74, 6) is 1.05. The lowest BCUT2D eigenvalue weighted by molar-refractivity contribution is -0.122. The van der Waals surface area contributed by atoms with Crippen molar-refractivity contribution in [3.8, 4) is 0 Å². The molecule has 0 aliphatic carbocycles. The predicted molar refractivity (Wildman–Crippen MR) is 120 cm³/mol. The van der Waals surface area contributed by atoms with Crippen LogP contribution in [-0.4, -0.2) is 24.0 Å². The molecule has 0 bridgehead atoms. The maximum atomic E-state index is 12.8. The quantitative estimate of drug-likeness (QED) is 0.672. The van der Waals surface area contributed by atoms with E-state index in [0.717, 1.165) is 37.2 Å². The number of nitrogens with one attached hydrogen (secondary N) is 2. The molecule has 1 aromatic carbocycles. The van der Waals surface area contributed by atoms with Crippen LogP contribution in [0.25, 0.3) is 0 Å². The number of amides is 1. The summed E-state index contributed by atoms with van der Waals surface area (Å²) in [6, 6.07) is 13.0. The molecule has 1 aliphatic heterocycles. The van der Waals surface area contributed by atoms with E-state index in [2.05, 4.69) is 22.5 Å². The first-order chi connectivity index (χ1) is 12.6. The van der Waals surface area contributed by atoms with Crippen LogP contribution in [-0.2, 0) is 4.79 Å². The first-order valence-corrected chi connectivity index (χ1v) is 9.68. The second-order valence-electron chi connectivity index (χ2n) is 7.08. The van der Waals surface area contributed by atoms with Crippen molar-refractivity contribution in [1.29, 1.82) is 0 Å². The molecule has 154 valence electrons. The summed E-state index contributed by atoms with van der Waals surface area (Å²) < 4.78 is 0. The number of nitrogens with zero attached hydrogens (tertiary/aromatic N) is 1. The number of carbonyl (C=O) groups is 1. The van der Waals surface area contributed by atoms with E-state index >= 15 is 0 Å². The summed E-state index contributed by atoms with van der Waals surface area (Å²) in [7, 11) is 0. The molecular weight excluding hydrogens is 417 g/mol. The second-order valence-corrected chi connectivity index (χ2v) is 7.52. The average Bonchev–Trinajstić information content (AvgIpc) is 2.67. The first-order valence-electron chi connectivity index (χ1n) is 9.30. The number of pyridine rings is 1. The van der Waals surface area contributed by atoms with E-state index in [1.165, 1.54) is 0 Å². The topological polar surface area (TPSA) is 54.0 Å². The molecular formula is C21H28Cl3N3O. The number of piperidine rings is 1. The Hall–Kier alpha value is -1.33. The average molecular weight is 445 g/mol. The third-order valence-electron chi connectivity index (χ3n) is 5.17. The van der Waals surface area contributed by atoms with Gasteiger partial charge in [0.05, 0.1) is 11.7 Å². The molecule has 1 aromatic heterocycles. The van der Waals surface area contributed by atoms with Gasteiger partial charge in [0.15, 0.2) is 0 Å². The second kappa shape index (κ2) is 12.3. The fourth-order valence-electron chi connectivity index (χ4n) is 3.65. The highest BCUT2D eigenvalue weighted by Gasteiger charge is 2.24. The Morgan fingerprint density at radius 1 is 1.21 bits per heavy atom. The Bertz CT molecular complexity index is 724. The van der Waals surface area contributed by atoms with E-state index < -0.39 is 0 Å². The summed E-state index contributed by atoms with van der Waals surface area (Å²) in [5.41, 5.74) is 1.76. The Morgan fingerprint density at radius 2 is 1.96 bits per heavy atom. The number of benzene rings is 1. The highest BCUT2D eigenvalue weighted by atomic mass is 35.5. The molecule has 3 rings (SSSR count). The van der Waals surface area contributed by atoms with Gasteiger partial charge in [-0.2, -0.15) is 0 Å². The van der Waals surface area contributed by atoms with Crippen molar-refractivity contribution in [2.45, 2.75) is 32.2 Å². The first kappa shape index (κ1) is 24.7. The number of halogens is 3. The molecule has 1 saturated heterocycles. The van der Waals surface area contributed by atoms with Crippen LogP contribution in [0.5, 0.6) is 0 Å². The van der Waals surface area contributed by atoms with Crippen molar-refractivity contribution in [3.05, 3.63) is 64.9 Å². The number of hydrogen-bond acceptors (Lipinski definition) is 3. The van der Waals surface area contributed by atoms with Gasteiger partial charge < -0.3 is 10.6 Å². The van der Waals surface area contributed by atoms with Crippen molar-refractivity contribution in [1.82, 2.24) is 15.6 Å². The van der Waals surface area contributed by atoms with Crippen LogP contribution in [0, 0.1) is 11.8 Å². The van der Waals surface area contributed by atoms with E-state index in [-0.39, 0.29) is 36.8 Å². The fraction of sp³-hybridized carbons (Fsp3) is 0.429. The number of rotatable bonds is 6. The van der Waals surface area contributed by atoms with Crippen molar-refractivity contribution >= 4 is 42.3 Å². The molecule has 28 heavy (non-hydrogen) atoms. The van der Waals surface area contributed by atoms with Gasteiger partial charge in [-0.3, -0.25) is 9.78 Å². The van der Waals surface area contributed by atoms with E-state index in [1.54, 1.807) is 6.20 Å². The summed E-state index contributed by atoms with van der Waals surface area (Å²) >= 11 is 6.16. The molecule has 7 heteroatoms. The van der Waals surface area contributed by atoms with Gasteiger partial charge in [0.2, 0.25) is 5.91 Å². The highest BCUT2D eigenvalue weighted by Crippen LogP contribution is 2.26. The number of hydrogen-bond donors (Lipinski definition) is 2.